The van der Waals surface area contributed by atoms with E-state index in [1.54, 1.807) is 15.8 Å². The van der Waals surface area contributed by atoms with Crippen molar-refractivity contribution in [3.63, 3.8) is 0 Å². The number of hydrogen-bond acceptors (Lipinski definition) is 4. The Kier molecular flexibility index (Phi) is 6.12. The Bertz CT molecular complexity index is 1660. The molecule has 0 spiro atoms. The minimum Gasteiger partial charge on any atom is -0.456 e. The van der Waals surface area contributed by atoms with Crippen molar-refractivity contribution in [1.82, 2.24) is 24.5 Å². The van der Waals surface area contributed by atoms with Crippen molar-refractivity contribution in [2.24, 2.45) is 0 Å². The topological polar surface area (TPSA) is 57.8 Å². The molecule has 3 aromatic carbocycles. The van der Waals surface area contributed by atoms with Crippen LogP contribution in [0.1, 0.15) is 16.8 Å². The van der Waals surface area contributed by atoms with E-state index in [9.17, 15) is 0 Å². The monoisotopic (exact) mass is 495 g/mol. The predicted molar refractivity (Wildman–Crippen MR) is 148 cm³/mol. The van der Waals surface area contributed by atoms with Crippen LogP contribution >= 0.6 is 0 Å². The minimum atomic E-state index is -0.722. The molecule has 38 heavy (non-hydrogen) atoms. The number of hydrogen-bond donors (Lipinski definition) is 0. The first-order chi connectivity index (χ1) is 18.8. The van der Waals surface area contributed by atoms with Crippen molar-refractivity contribution in [2.75, 3.05) is 0 Å². The molecule has 6 rings (SSSR count). The lowest BCUT2D eigenvalue weighted by molar-refractivity contribution is 0.475. The van der Waals surface area contributed by atoms with E-state index in [-0.39, 0.29) is 0 Å². The first-order valence-electron chi connectivity index (χ1n) is 12.3. The van der Waals surface area contributed by atoms with Gasteiger partial charge in [-0.3, -0.25) is 4.98 Å². The number of allylic oxidation sites excluding steroid dienone is 1. The van der Waals surface area contributed by atoms with Crippen LogP contribution in [-0.4, -0.2) is 24.5 Å². The summed E-state index contributed by atoms with van der Waals surface area (Å²) in [7, 11) is 0. The zero-order valence-electron chi connectivity index (χ0n) is 20.6. The summed E-state index contributed by atoms with van der Waals surface area (Å²) in [5.41, 5.74) is 4.51. The largest absolute Gasteiger partial charge is 0.456 e. The van der Waals surface area contributed by atoms with Crippen molar-refractivity contribution in [1.29, 1.82) is 0 Å². The summed E-state index contributed by atoms with van der Waals surface area (Å²) in [6, 6.07) is 34.8. The third-order valence-electron chi connectivity index (χ3n) is 6.63. The van der Waals surface area contributed by atoms with Crippen LogP contribution in [0.2, 0.25) is 0 Å². The maximum absolute atomic E-state index is 6.29. The summed E-state index contributed by atoms with van der Waals surface area (Å²) in [5.74, 6) is 1.39. The SMILES string of the molecule is C=CC(c1cccc(Oc2ccn(-n3cncn3)c2)c1)(c1ccccn1)c1ccccc1-c1ccccc1. The van der Waals surface area contributed by atoms with Gasteiger partial charge in [0.05, 0.1) is 17.3 Å². The summed E-state index contributed by atoms with van der Waals surface area (Å²) < 4.78 is 8.08. The highest BCUT2D eigenvalue weighted by Gasteiger charge is 2.37. The fraction of sp³-hybridized carbons (Fsp3) is 0.0312. The summed E-state index contributed by atoms with van der Waals surface area (Å²) in [5, 5.41) is 4.16. The summed E-state index contributed by atoms with van der Waals surface area (Å²) in [4.78, 5) is 10.4. The van der Waals surface area contributed by atoms with Crippen LogP contribution in [0.3, 0.4) is 0 Å². The molecule has 6 aromatic rings. The zero-order valence-corrected chi connectivity index (χ0v) is 20.6. The van der Waals surface area contributed by atoms with Gasteiger partial charge in [-0.2, -0.15) is 4.79 Å². The molecule has 0 bridgehead atoms. The summed E-state index contributed by atoms with van der Waals surface area (Å²) >= 11 is 0. The fourth-order valence-electron chi connectivity index (χ4n) is 4.88. The third-order valence-corrected chi connectivity index (χ3v) is 6.63. The van der Waals surface area contributed by atoms with Gasteiger partial charge in [-0.15, -0.1) is 11.7 Å². The molecule has 0 amide bonds. The smallest absolute Gasteiger partial charge is 0.147 e. The minimum absolute atomic E-state index is 0.685. The van der Waals surface area contributed by atoms with Crippen LogP contribution in [0.15, 0.2) is 147 Å². The van der Waals surface area contributed by atoms with E-state index in [1.165, 1.54) is 6.33 Å². The maximum atomic E-state index is 6.29. The lowest BCUT2D eigenvalue weighted by Crippen LogP contribution is -2.28. The molecule has 184 valence electrons. The van der Waals surface area contributed by atoms with Crippen molar-refractivity contribution < 1.29 is 4.74 Å². The first-order valence-corrected chi connectivity index (χ1v) is 12.3. The molecular formula is C32H25N5O. The van der Waals surface area contributed by atoms with Gasteiger partial charge in [0.15, 0.2) is 0 Å². The normalized spacial score (nSPS) is 12.5. The van der Waals surface area contributed by atoms with Gasteiger partial charge in [0.2, 0.25) is 0 Å². The number of benzene rings is 3. The van der Waals surface area contributed by atoms with Gasteiger partial charge in [0, 0.05) is 18.5 Å². The number of aromatic nitrogens is 5. The average molecular weight is 496 g/mol. The standard InChI is InChI=1S/C32H25N5O/c1-2-32(31-17-8-9-19-34-31,30-16-7-6-15-29(30)25-11-4-3-5-12-25)26-13-10-14-27(21-26)38-28-18-20-36(22-28)37-24-33-23-35-37/h2-24H,1H2. The van der Waals surface area contributed by atoms with Crippen LogP contribution in [-0.2, 0) is 5.41 Å². The van der Waals surface area contributed by atoms with Crippen LogP contribution < -0.4 is 4.74 Å². The molecule has 0 saturated heterocycles. The van der Waals surface area contributed by atoms with Gasteiger partial charge in [0.25, 0.3) is 0 Å². The molecule has 1 unspecified atom stereocenters. The molecule has 0 N–H and O–H groups in total. The van der Waals surface area contributed by atoms with Crippen LogP contribution in [0.5, 0.6) is 11.5 Å². The van der Waals surface area contributed by atoms with Gasteiger partial charge in [-0.05, 0) is 46.5 Å². The molecule has 1 atom stereocenters. The van der Waals surface area contributed by atoms with Crippen molar-refractivity contribution in [3.05, 3.63) is 164 Å². The number of pyridine rings is 1. The predicted octanol–water partition coefficient (Wildman–Crippen LogP) is 6.77. The molecular weight excluding hydrogens is 470 g/mol. The average Bonchev–Trinajstić information content (AvgIpc) is 3.68. The molecule has 0 aliphatic heterocycles. The van der Waals surface area contributed by atoms with E-state index in [4.69, 9.17) is 9.72 Å². The van der Waals surface area contributed by atoms with E-state index in [2.05, 4.69) is 83.4 Å². The quantitative estimate of drug-likeness (QED) is 0.219. The molecule has 0 saturated carbocycles. The second-order valence-electron chi connectivity index (χ2n) is 8.81. The molecule has 6 nitrogen and oxygen atoms in total. The highest BCUT2D eigenvalue weighted by atomic mass is 16.5. The van der Waals surface area contributed by atoms with Crippen LogP contribution in [0, 0.1) is 0 Å². The molecule has 0 fully saturated rings. The Hall–Kier alpha value is -5.23. The second-order valence-corrected chi connectivity index (χ2v) is 8.81. The van der Waals surface area contributed by atoms with Gasteiger partial charge in [-0.25, -0.2) is 9.66 Å². The highest BCUT2D eigenvalue weighted by molar-refractivity contribution is 5.73. The Morgan fingerprint density at radius 2 is 1.66 bits per heavy atom. The van der Waals surface area contributed by atoms with E-state index in [1.807, 2.05) is 61.1 Å². The maximum Gasteiger partial charge on any atom is 0.147 e. The van der Waals surface area contributed by atoms with Crippen molar-refractivity contribution >= 4 is 0 Å². The van der Waals surface area contributed by atoms with E-state index < -0.39 is 5.41 Å². The van der Waals surface area contributed by atoms with Crippen molar-refractivity contribution in [2.45, 2.75) is 5.41 Å². The Morgan fingerprint density at radius 1 is 0.816 bits per heavy atom. The number of nitrogens with zero attached hydrogens (tertiary/aromatic N) is 5. The van der Waals surface area contributed by atoms with E-state index in [0.29, 0.717) is 11.5 Å². The highest BCUT2D eigenvalue weighted by Crippen LogP contribution is 2.44. The lowest BCUT2D eigenvalue weighted by atomic mass is 9.69. The number of rotatable bonds is 8. The van der Waals surface area contributed by atoms with E-state index in [0.717, 1.165) is 27.9 Å². The first kappa shape index (κ1) is 23.2. The number of ether oxygens (including phenoxy) is 1. The van der Waals surface area contributed by atoms with E-state index >= 15 is 0 Å². The lowest BCUT2D eigenvalue weighted by Gasteiger charge is -2.33. The van der Waals surface area contributed by atoms with Gasteiger partial charge in [0.1, 0.15) is 24.2 Å². The molecule has 3 heterocycles. The van der Waals surface area contributed by atoms with Gasteiger partial charge < -0.3 is 4.74 Å². The summed E-state index contributed by atoms with van der Waals surface area (Å²) in [6.45, 7) is 4.34. The summed E-state index contributed by atoms with van der Waals surface area (Å²) in [6.07, 6.45) is 10.6. The second kappa shape index (κ2) is 10.0. The molecule has 0 aliphatic rings. The molecule has 0 aliphatic carbocycles. The molecule has 6 heteroatoms. The Labute approximate surface area is 221 Å². The fourth-order valence-corrected chi connectivity index (χ4v) is 4.88. The van der Waals surface area contributed by atoms with Crippen molar-refractivity contribution in [3.8, 4) is 22.6 Å². The van der Waals surface area contributed by atoms with Crippen LogP contribution in [0.25, 0.3) is 11.1 Å². The Balaban J connectivity index is 1.48. The van der Waals surface area contributed by atoms with Gasteiger partial charge >= 0.3 is 0 Å². The molecule has 0 radical (unpaired) electrons. The third kappa shape index (κ3) is 4.18. The molecule has 3 aromatic heterocycles. The zero-order chi connectivity index (χ0) is 25.8. The van der Waals surface area contributed by atoms with Crippen LogP contribution in [0.4, 0.5) is 0 Å². The Morgan fingerprint density at radius 3 is 2.45 bits per heavy atom. The van der Waals surface area contributed by atoms with Gasteiger partial charge in [-0.1, -0.05) is 78.9 Å².